The molecule has 0 spiro atoms. The third-order valence-corrected chi connectivity index (χ3v) is 5.00. The molecule has 94 valence electrons. The van der Waals surface area contributed by atoms with Gasteiger partial charge in [-0.15, -0.1) is 0 Å². The summed E-state index contributed by atoms with van der Waals surface area (Å²) in [7, 11) is 0. The van der Waals surface area contributed by atoms with Crippen LogP contribution < -0.4 is 5.32 Å². The van der Waals surface area contributed by atoms with Gasteiger partial charge in [-0.1, -0.05) is 30.9 Å². The highest BCUT2D eigenvalue weighted by molar-refractivity contribution is 8.00. The summed E-state index contributed by atoms with van der Waals surface area (Å²) in [6.45, 7) is 0.948. The molecular formula is C12H18ClN3S. The van der Waals surface area contributed by atoms with E-state index in [1.54, 1.807) is 12.4 Å². The lowest BCUT2D eigenvalue weighted by molar-refractivity contribution is 0.411. The number of nitrogens with one attached hydrogen (secondary N) is 1. The molecule has 1 aliphatic rings. The standard InChI is InChI=1S/C12H18ClN3S/c1-17-12(5-3-2-4-6-12)9-15-11-8-14-7-10(13)16-11/h7-8H,2-6,9H2,1H3,(H,15,16). The van der Waals surface area contributed by atoms with Crippen LogP contribution in [0, 0.1) is 0 Å². The maximum Gasteiger partial charge on any atom is 0.149 e. The van der Waals surface area contributed by atoms with Crippen LogP contribution in [0.25, 0.3) is 0 Å². The molecule has 1 heterocycles. The average molecular weight is 272 g/mol. The minimum atomic E-state index is 0.363. The number of halogens is 1. The van der Waals surface area contributed by atoms with Crippen molar-refractivity contribution in [2.24, 2.45) is 0 Å². The number of aromatic nitrogens is 2. The summed E-state index contributed by atoms with van der Waals surface area (Å²) in [5.74, 6) is 0.775. The maximum absolute atomic E-state index is 5.82. The predicted octanol–water partition coefficient (Wildman–Crippen LogP) is 3.61. The monoisotopic (exact) mass is 271 g/mol. The molecule has 0 aliphatic heterocycles. The summed E-state index contributed by atoms with van der Waals surface area (Å²) in [5.41, 5.74) is 0. The fourth-order valence-corrected chi connectivity index (χ4v) is 3.39. The predicted molar refractivity (Wildman–Crippen MR) is 74.9 cm³/mol. The van der Waals surface area contributed by atoms with Crippen LogP contribution in [0.1, 0.15) is 32.1 Å². The van der Waals surface area contributed by atoms with Crippen LogP contribution in [-0.2, 0) is 0 Å². The molecule has 1 aromatic heterocycles. The van der Waals surface area contributed by atoms with Crippen molar-refractivity contribution >= 4 is 29.2 Å². The first-order valence-corrected chi connectivity index (χ1v) is 7.61. The van der Waals surface area contributed by atoms with Crippen molar-refractivity contribution in [2.75, 3.05) is 18.1 Å². The molecule has 0 aromatic carbocycles. The highest BCUT2D eigenvalue weighted by atomic mass is 35.5. The van der Waals surface area contributed by atoms with Gasteiger partial charge in [-0.3, -0.25) is 4.98 Å². The van der Waals surface area contributed by atoms with Gasteiger partial charge in [0, 0.05) is 11.3 Å². The summed E-state index contributed by atoms with van der Waals surface area (Å²) >= 11 is 7.79. The Labute approximate surface area is 112 Å². The quantitative estimate of drug-likeness (QED) is 0.908. The second-order valence-electron chi connectivity index (χ2n) is 4.53. The highest BCUT2D eigenvalue weighted by Gasteiger charge is 2.30. The van der Waals surface area contributed by atoms with Crippen molar-refractivity contribution in [3.05, 3.63) is 17.5 Å². The van der Waals surface area contributed by atoms with Crippen molar-refractivity contribution < 1.29 is 0 Å². The number of hydrogen-bond acceptors (Lipinski definition) is 4. The van der Waals surface area contributed by atoms with Crippen molar-refractivity contribution in [3.63, 3.8) is 0 Å². The minimum Gasteiger partial charge on any atom is -0.367 e. The van der Waals surface area contributed by atoms with Crippen molar-refractivity contribution in [1.82, 2.24) is 9.97 Å². The van der Waals surface area contributed by atoms with E-state index in [9.17, 15) is 0 Å². The fraction of sp³-hybridized carbons (Fsp3) is 0.667. The zero-order chi connectivity index (χ0) is 12.1. The molecule has 0 radical (unpaired) electrons. The molecule has 0 bridgehead atoms. The number of nitrogens with zero attached hydrogens (tertiary/aromatic N) is 2. The zero-order valence-corrected chi connectivity index (χ0v) is 11.7. The lowest BCUT2D eigenvalue weighted by Gasteiger charge is -2.36. The molecule has 0 unspecified atom stereocenters. The Morgan fingerprint density at radius 1 is 1.35 bits per heavy atom. The second kappa shape index (κ2) is 5.91. The zero-order valence-electron chi connectivity index (χ0n) is 10.1. The van der Waals surface area contributed by atoms with Gasteiger partial charge in [-0.2, -0.15) is 11.8 Å². The molecule has 0 saturated heterocycles. The van der Waals surface area contributed by atoms with E-state index in [0.29, 0.717) is 9.90 Å². The number of thioether (sulfide) groups is 1. The summed E-state index contributed by atoms with van der Waals surface area (Å²) in [5, 5.41) is 3.81. The minimum absolute atomic E-state index is 0.363. The molecule has 1 aromatic rings. The maximum atomic E-state index is 5.82. The third-order valence-electron chi connectivity index (χ3n) is 3.39. The normalized spacial score (nSPS) is 18.9. The largest absolute Gasteiger partial charge is 0.367 e. The van der Waals surface area contributed by atoms with E-state index in [1.165, 1.54) is 32.1 Å². The molecule has 1 fully saturated rings. The Hall–Kier alpha value is -0.480. The van der Waals surface area contributed by atoms with E-state index >= 15 is 0 Å². The van der Waals surface area contributed by atoms with Crippen LogP contribution in [-0.4, -0.2) is 27.5 Å². The van der Waals surface area contributed by atoms with Gasteiger partial charge in [0.1, 0.15) is 11.0 Å². The summed E-state index contributed by atoms with van der Waals surface area (Å²) in [6.07, 6.45) is 12.1. The lowest BCUT2D eigenvalue weighted by atomic mass is 9.88. The van der Waals surface area contributed by atoms with Gasteiger partial charge in [0.05, 0.1) is 12.4 Å². The third kappa shape index (κ3) is 3.49. The molecule has 0 amide bonds. The molecule has 17 heavy (non-hydrogen) atoms. The SMILES string of the molecule is CSC1(CNc2cncc(Cl)n2)CCCCC1. The molecule has 1 N–H and O–H groups in total. The van der Waals surface area contributed by atoms with Crippen LogP contribution in [0.15, 0.2) is 12.4 Å². The molecule has 3 nitrogen and oxygen atoms in total. The molecule has 1 aliphatic carbocycles. The Kier molecular flexibility index (Phi) is 4.51. The van der Waals surface area contributed by atoms with Crippen LogP contribution in [0.4, 0.5) is 5.82 Å². The van der Waals surface area contributed by atoms with Gasteiger partial charge in [0.25, 0.3) is 0 Å². The Morgan fingerprint density at radius 2 is 2.12 bits per heavy atom. The molecule has 1 saturated carbocycles. The van der Waals surface area contributed by atoms with Gasteiger partial charge in [0.2, 0.25) is 0 Å². The first-order valence-electron chi connectivity index (χ1n) is 6.01. The first kappa shape index (κ1) is 13.0. The lowest BCUT2D eigenvalue weighted by Crippen LogP contribution is -2.35. The smallest absolute Gasteiger partial charge is 0.149 e. The first-order chi connectivity index (χ1) is 8.24. The number of rotatable bonds is 4. The highest BCUT2D eigenvalue weighted by Crippen LogP contribution is 2.38. The molecular weight excluding hydrogens is 254 g/mol. The van der Waals surface area contributed by atoms with Crippen molar-refractivity contribution in [3.8, 4) is 0 Å². The van der Waals surface area contributed by atoms with E-state index in [1.807, 2.05) is 11.8 Å². The molecule has 0 atom stereocenters. The average Bonchev–Trinajstić information content (AvgIpc) is 2.38. The van der Waals surface area contributed by atoms with Crippen molar-refractivity contribution in [2.45, 2.75) is 36.9 Å². The fourth-order valence-electron chi connectivity index (χ4n) is 2.33. The number of anilines is 1. The summed E-state index contributed by atoms with van der Waals surface area (Å²) in [4.78, 5) is 8.24. The van der Waals surface area contributed by atoms with E-state index in [4.69, 9.17) is 11.6 Å². The van der Waals surface area contributed by atoms with E-state index < -0.39 is 0 Å². The topological polar surface area (TPSA) is 37.8 Å². The van der Waals surface area contributed by atoms with Gasteiger partial charge < -0.3 is 5.32 Å². The van der Waals surface area contributed by atoms with Gasteiger partial charge >= 0.3 is 0 Å². The summed E-state index contributed by atoms with van der Waals surface area (Å²) < 4.78 is 0.363. The Morgan fingerprint density at radius 3 is 2.76 bits per heavy atom. The van der Waals surface area contributed by atoms with Crippen LogP contribution >= 0.6 is 23.4 Å². The number of hydrogen-bond donors (Lipinski definition) is 1. The van der Waals surface area contributed by atoms with E-state index in [-0.39, 0.29) is 0 Å². The van der Waals surface area contributed by atoms with Gasteiger partial charge in [-0.05, 0) is 19.1 Å². The molecule has 2 rings (SSSR count). The van der Waals surface area contributed by atoms with Gasteiger partial charge in [0.15, 0.2) is 0 Å². The van der Waals surface area contributed by atoms with E-state index in [0.717, 1.165) is 12.4 Å². The van der Waals surface area contributed by atoms with Gasteiger partial charge in [-0.25, -0.2) is 4.98 Å². The van der Waals surface area contributed by atoms with Crippen LogP contribution in [0.3, 0.4) is 0 Å². The van der Waals surface area contributed by atoms with Crippen LogP contribution in [0.2, 0.25) is 5.15 Å². The molecule has 5 heteroatoms. The van der Waals surface area contributed by atoms with E-state index in [2.05, 4.69) is 21.5 Å². The second-order valence-corrected chi connectivity index (χ2v) is 6.19. The van der Waals surface area contributed by atoms with Crippen molar-refractivity contribution in [1.29, 1.82) is 0 Å². The Bertz CT molecular complexity index is 367. The van der Waals surface area contributed by atoms with Crippen LogP contribution in [0.5, 0.6) is 0 Å². The summed E-state index contributed by atoms with van der Waals surface area (Å²) in [6, 6.07) is 0. The Balaban J connectivity index is 1.95.